The Morgan fingerprint density at radius 2 is 1.96 bits per heavy atom. The predicted molar refractivity (Wildman–Crippen MR) is 87.9 cm³/mol. The molecule has 0 spiro atoms. The van der Waals surface area contributed by atoms with Gasteiger partial charge in [0.05, 0.1) is 30.0 Å². The zero-order valence-electron chi connectivity index (χ0n) is 13.0. The van der Waals surface area contributed by atoms with Gasteiger partial charge in [0.2, 0.25) is 0 Å². The number of esters is 1. The molecule has 0 saturated carbocycles. The first kappa shape index (κ1) is 17.2. The maximum atomic E-state index is 12.2. The second-order valence-electron chi connectivity index (χ2n) is 5.18. The van der Waals surface area contributed by atoms with Crippen LogP contribution >= 0.6 is 11.6 Å². The normalized spacial score (nSPS) is 10.6. The molecule has 0 unspecified atom stereocenters. The van der Waals surface area contributed by atoms with Gasteiger partial charge >= 0.3 is 5.97 Å². The Morgan fingerprint density at radius 1 is 1.30 bits per heavy atom. The summed E-state index contributed by atoms with van der Waals surface area (Å²) >= 11 is 6.09. The van der Waals surface area contributed by atoms with Crippen molar-refractivity contribution in [1.29, 1.82) is 0 Å². The van der Waals surface area contributed by atoms with Crippen molar-refractivity contribution in [2.24, 2.45) is 0 Å². The first-order valence-electron chi connectivity index (χ1n) is 7.15. The Kier molecular flexibility index (Phi) is 5.58. The molecule has 0 radical (unpaired) electrons. The molecule has 0 atom stereocenters. The number of methoxy groups -OCH3 is 1. The van der Waals surface area contributed by atoms with Crippen LogP contribution in [0.2, 0.25) is 5.02 Å². The van der Waals surface area contributed by atoms with E-state index in [1.54, 1.807) is 25.1 Å². The number of aromatic nitrogens is 1. The van der Waals surface area contributed by atoms with Crippen molar-refractivity contribution in [2.75, 3.05) is 7.11 Å². The molecule has 1 N–H and O–H groups in total. The van der Waals surface area contributed by atoms with E-state index in [-0.39, 0.29) is 18.1 Å². The van der Waals surface area contributed by atoms with Gasteiger partial charge in [-0.1, -0.05) is 23.7 Å². The number of rotatable bonds is 5. The fourth-order valence-corrected chi connectivity index (χ4v) is 2.69. The number of pyridine rings is 1. The minimum absolute atomic E-state index is 0.162. The average Bonchev–Trinajstić information content (AvgIpc) is 2.56. The van der Waals surface area contributed by atoms with Gasteiger partial charge in [0.1, 0.15) is 0 Å². The van der Waals surface area contributed by atoms with Crippen LogP contribution in [0.1, 0.15) is 27.2 Å². The monoisotopic (exact) mass is 335 g/mol. The highest BCUT2D eigenvalue weighted by Crippen LogP contribution is 2.16. The molecule has 0 saturated heterocycles. The van der Waals surface area contributed by atoms with Crippen molar-refractivity contribution >= 4 is 17.6 Å². The summed E-state index contributed by atoms with van der Waals surface area (Å²) in [6.07, 6.45) is 0.578. The number of carbonyl (C=O) groups excluding carboxylic acids is 1. The van der Waals surface area contributed by atoms with E-state index in [0.29, 0.717) is 34.8 Å². The largest absolute Gasteiger partial charge is 0.465 e. The van der Waals surface area contributed by atoms with Crippen molar-refractivity contribution in [2.45, 2.75) is 26.5 Å². The molecule has 0 amide bonds. The number of hydrogen-bond donors (Lipinski definition) is 1. The number of carbonyl (C=O) groups is 1. The average molecular weight is 336 g/mol. The minimum Gasteiger partial charge on any atom is -0.465 e. The number of aryl methyl sites for hydroxylation is 2. The zero-order valence-corrected chi connectivity index (χ0v) is 13.8. The third-order valence-corrected chi connectivity index (χ3v) is 4.00. The molecular formula is C17H18ClNO4. The third kappa shape index (κ3) is 3.81. The number of hydrogen-bond acceptors (Lipinski definition) is 4. The van der Waals surface area contributed by atoms with Crippen LogP contribution in [0.15, 0.2) is 35.1 Å². The maximum absolute atomic E-state index is 12.2. The Hall–Kier alpha value is -2.11. The van der Waals surface area contributed by atoms with Crippen LogP contribution in [0, 0.1) is 6.92 Å². The molecule has 23 heavy (non-hydrogen) atoms. The number of aliphatic hydroxyl groups is 1. The standard InChI is InChI=1S/C17H18ClNO4/c1-11-9-14(18)15(10-20)19(16(11)21)8-7-12-3-5-13(6-4-12)17(22)23-2/h3-6,9,20H,7-8,10H2,1-2H3. The molecule has 0 aliphatic heterocycles. The summed E-state index contributed by atoms with van der Waals surface area (Å²) in [4.78, 5) is 23.6. The quantitative estimate of drug-likeness (QED) is 0.851. The first-order chi connectivity index (χ1) is 11.0. The van der Waals surface area contributed by atoms with Gasteiger partial charge in [-0.3, -0.25) is 4.79 Å². The molecule has 0 bridgehead atoms. The van der Waals surface area contributed by atoms with E-state index in [2.05, 4.69) is 4.74 Å². The lowest BCUT2D eigenvalue weighted by atomic mass is 10.1. The van der Waals surface area contributed by atoms with Crippen LogP contribution < -0.4 is 5.56 Å². The van der Waals surface area contributed by atoms with E-state index in [1.807, 2.05) is 12.1 Å². The van der Waals surface area contributed by atoms with Gasteiger partial charge in [0, 0.05) is 12.1 Å². The van der Waals surface area contributed by atoms with Crippen molar-refractivity contribution in [1.82, 2.24) is 4.57 Å². The predicted octanol–water partition coefficient (Wildman–Crippen LogP) is 2.33. The molecule has 0 aliphatic rings. The minimum atomic E-state index is -0.388. The lowest BCUT2D eigenvalue weighted by Crippen LogP contribution is -2.26. The van der Waals surface area contributed by atoms with Gasteiger partial charge in [-0.2, -0.15) is 0 Å². The summed E-state index contributed by atoms with van der Waals surface area (Å²) in [5.41, 5.74) is 2.22. The van der Waals surface area contributed by atoms with Crippen LogP contribution in [0.25, 0.3) is 0 Å². The second kappa shape index (κ2) is 7.44. The topological polar surface area (TPSA) is 68.5 Å². The fourth-order valence-electron chi connectivity index (χ4n) is 2.36. The van der Waals surface area contributed by atoms with Gasteiger partial charge in [-0.25, -0.2) is 4.79 Å². The van der Waals surface area contributed by atoms with Gasteiger partial charge in [-0.15, -0.1) is 0 Å². The SMILES string of the molecule is COC(=O)c1ccc(CCn2c(CO)c(Cl)cc(C)c2=O)cc1. The molecule has 0 aliphatic carbocycles. The lowest BCUT2D eigenvalue weighted by Gasteiger charge is -2.14. The molecule has 2 aromatic rings. The second-order valence-corrected chi connectivity index (χ2v) is 5.58. The molecule has 1 aromatic heterocycles. The van der Waals surface area contributed by atoms with Gasteiger partial charge < -0.3 is 14.4 Å². The van der Waals surface area contributed by atoms with E-state index in [4.69, 9.17) is 11.6 Å². The first-order valence-corrected chi connectivity index (χ1v) is 7.52. The molecular weight excluding hydrogens is 318 g/mol. The number of benzene rings is 1. The van der Waals surface area contributed by atoms with Crippen molar-refractivity contribution in [3.63, 3.8) is 0 Å². The van der Waals surface area contributed by atoms with Crippen LogP contribution in [-0.4, -0.2) is 22.8 Å². The summed E-state index contributed by atoms with van der Waals surface area (Å²) < 4.78 is 6.14. The molecule has 5 nitrogen and oxygen atoms in total. The Balaban J connectivity index is 2.21. The molecule has 0 fully saturated rings. The molecule has 1 aromatic carbocycles. The number of halogens is 1. The summed E-state index contributed by atoms with van der Waals surface area (Å²) in [5, 5.41) is 9.82. The highest BCUT2D eigenvalue weighted by molar-refractivity contribution is 6.31. The van der Waals surface area contributed by atoms with Gasteiger partial charge in [0.25, 0.3) is 5.56 Å². The molecule has 2 rings (SSSR count). The summed E-state index contributed by atoms with van der Waals surface area (Å²) in [6, 6.07) is 8.55. The number of aliphatic hydroxyl groups excluding tert-OH is 1. The Labute approximate surface area is 139 Å². The number of ether oxygens (including phenoxy) is 1. The Morgan fingerprint density at radius 3 is 2.52 bits per heavy atom. The highest BCUT2D eigenvalue weighted by Gasteiger charge is 2.11. The summed E-state index contributed by atoms with van der Waals surface area (Å²) in [6.45, 7) is 1.79. The lowest BCUT2D eigenvalue weighted by molar-refractivity contribution is 0.0600. The highest BCUT2D eigenvalue weighted by atomic mass is 35.5. The van der Waals surface area contributed by atoms with Gasteiger partial charge in [0.15, 0.2) is 0 Å². The van der Waals surface area contributed by atoms with Crippen molar-refractivity contribution in [3.05, 3.63) is 68.1 Å². The van der Waals surface area contributed by atoms with Crippen LogP contribution in [0.3, 0.4) is 0 Å². The molecule has 6 heteroatoms. The zero-order chi connectivity index (χ0) is 17.0. The Bertz CT molecular complexity index is 765. The van der Waals surface area contributed by atoms with E-state index >= 15 is 0 Å². The van der Waals surface area contributed by atoms with Crippen LogP contribution in [0.4, 0.5) is 0 Å². The van der Waals surface area contributed by atoms with Crippen LogP contribution in [-0.2, 0) is 24.3 Å². The van der Waals surface area contributed by atoms with E-state index in [1.165, 1.54) is 11.7 Å². The van der Waals surface area contributed by atoms with Crippen LogP contribution in [0.5, 0.6) is 0 Å². The van der Waals surface area contributed by atoms with E-state index in [9.17, 15) is 14.7 Å². The smallest absolute Gasteiger partial charge is 0.337 e. The van der Waals surface area contributed by atoms with Gasteiger partial charge in [-0.05, 0) is 37.1 Å². The maximum Gasteiger partial charge on any atom is 0.337 e. The molecule has 1 heterocycles. The fraction of sp³-hybridized carbons (Fsp3) is 0.294. The van der Waals surface area contributed by atoms with Crippen molar-refractivity contribution < 1.29 is 14.6 Å². The van der Waals surface area contributed by atoms with Crippen molar-refractivity contribution in [3.8, 4) is 0 Å². The summed E-state index contributed by atoms with van der Waals surface area (Å²) in [7, 11) is 1.33. The van der Waals surface area contributed by atoms with E-state index in [0.717, 1.165) is 5.56 Å². The summed E-state index contributed by atoms with van der Waals surface area (Å²) in [5.74, 6) is -0.388. The number of nitrogens with zero attached hydrogens (tertiary/aromatic N) is 1. The third-order valence-electron chi connectivity index (χ3n) is 3.68. The van der Waals surface area contributed by atoms with E-state index < -0.39 is 0 Å². The molecule has 122 valence electrons.